The Bertz CT molecular complexity index is 715. The van der Waals surface area contributed by atoms with Crippen molar-refractivity contribution in [1.29, 1.82) is 0 Å². The molecule has 0 aliphatic carbocycles. The zero-order valence-corrected chi connectivity index (χ0v) is 13.5. The number of hydrogen-bond donors (Lipinski definition) is 2. The van der Waals surface area contributed by atoms with Gasteiger partial charge < -0.3 is 15.2 Å². The fourth-order valence-corrected chi connectivity index (χ4v) is 2.01. The van der Waals surface area contributed by atoms with Crippen LogP contribution in [-0.4, -0.2) is 40.0 Å². The van der Waals surface area contributed by atoms with Gasteiger partial charge >= 0.3 is 0 Å². The molecule has 1 amide bonds. The zero-order chi connectivity index (χ0) is 17.4. The largest absolute Gasteiger partial charge is 0.491 e. The molecule has 0 spiro atoms. The molecule has 24 heavy (non-hydrogen) atoms. The molecule has 1 aromatic heterocycles. The van der Waals surface area contributed by atoms with E-state index >= 15 is 0 Å². The van der Waals surface area contributed by atoms with Crippen LogP contribution in [-0.2, 0) is 6.54 Å². The lowest BCUT2D eigenvalue weighted by atomic mass is 10.3. The molecule has 0 fully saturated rings. The van der Waals surface area contributed by atoms with E-state index in [1.54, 1.807) is 12.1 Å². The molecule has 0 aliphatic rings. The maximum Gasteiger partial charge on any atom is 0.271 e. The SMILES string of the molecule is CCCn1nc(C(=O)NC[C@@H](O)COc2ccccc2)ccc1=O. The third kappa shape index (κ3) is 5.20. The zero-order valence-electron chi connectivity index (χ0n) is 13.5. The summed E-state index contributed by atoms with van der Waals surface area (Å²) in [6.45, 7) is 2.46. The minimum atomic E-state index is -0.851. The lowest BCUT2D eigenvalue weighted by Gasteiger charge is -2.13. The lowest BCUT2D eigenvalue weighted by Crippen LogP contribution is -2.36. The molecule has 7 nitrogen and oxygen atoms in total. The molecule has 1 aromatic carbocycles. The molecule has 2 rings (SSSR count). The van der Waals surface area contributed by atoms with Gasteiger partial charge in [0.2, 0.25) is 0 Å². The predicted molar refractivity (Wildman–Crippen MR) is 89.1 cm³/mol. The van der Waals surface area contributed by atoms with E-state index in [1.807, 2.05) is 25.1 Å². The van der Waals surface area contributed by atoms with Gasteiger partial charge in [0.25, 0.3) is 11.5 Å². The average molecular weight is 331 g/mol. The summed E-state index contributed by atoms with van der Waals surface area (Å²) in [5.41, 5.74) is -0.107. The summed E-state index contributed by atoms with van der Waals surface area (Å²) in [4.78, 5) is 23.6. The highest BCUT2D eigenvalue weighted by molar-refractivity contribution is 5.91. The van der Waals surface area contributed by atoms with E-state index in [4.69, 9.17) is 4.74 Å². The van der Waals surface area contributed by atoms with Crippen LogP contribution in [0.2, 0.25) is 0 Å². The van der Waals surface area contributed by atoms with Crippen LogP contribution in [0.5, 0.6) is 5.75 Å². The van der Waals surface area contributed by atoms with Crippen LogP contribution in [0, 0.1) is 0 Å². The first kappa shape index (κ1) is 17.7. The average Bonchev–Trinajstić information content (AvgIpc) is 2.61. The Balaban J connectivity index is 1.84. The number of ether oxygens (including phenoxy) is 1. The Morgan fingerprint density at radius 2 is 2.04 bits per heavy atom. The van der Waals surface area contributed by atoms with Crippen molar-refractivity contribution in [2.24, 2.45) is 0 Å². The number of rotatable bonds is 8. The van der Waals surface area contributed by atoms with Gasteiger partial charge in [-0.15, -0.1) is 0 Å². The number of aliphatic hydroxyl groups is 1. The molecule has 0 saturated heterocycles. The minimum Gasteiger partial charge on any atom is -0.491 e. The van der Waals surface area contributed by atoms with Gasteiger partial charge in [0, 0.05) is 19.2 Å². The van der Waals surface area contributed by atoms with Gasteiger partial charge in [-0.3, -0.25) is 9.59 Å². The Morgan fingerprint density at radius 3 is 2.75 bits per heavy atom. The number of amides is 1. The topological polar surface area (TPSA) is 93.5 Å². The van der Waals surface area contributed by atoms with Crippen molar-refractivity contribution < 1.29 is 14.6 Å². The molecular weight excluding hydrogens is 310 g/mol. The Hall–Kier alpha value is -2.67. The highest BCUT2D eigenvalue weighted by Crippen LogP contribution is 2.08. The second-order valence-electron chi connectivity index (χ2n) is 5.27. The van der Waals surface area contributed by atoms with Gasteiger partial charge in [-0.25, -0.2) is 4.68 Å². The van der Waals surface area contributed by atoms with Gasteiger partial charge in [0.15, 0.2) is 0 Å². The third-order valence-electron chi connectivity index (χ3n) is 3.22. The number of aliphatic hydroxyl groups excluding tert-OH is 1. The van der Waals surface area contributed by atoms with Gasteiger partial charge in [0.05, 0.1) is 0 Å². The molecule has 1 atom stereocenters. The standard InChI is InChI=1S/C17H21N3O4/c1-2-10-20-16(22)9-8-15(19-20)17(23)18-11-13(21)12-24-14-6-4-3-5-7-14/h3-9,13,21H,2,10-12H2,1H3,(H,18,23)/t13-/m1/s1. The molecule has 0 unspecified atom stereocenters. The molecular formula is C17H21N3O4. The van der Waals surface area contributed by atoms with Crippen LogP contribution in [0.25, 0.3) is 0 Å². The van der Waals surface area contributed by atoms with Crippen molar-refractivity contribution in [3.8, 4) is 5.75 Å². The predicted octanol–water partition coefficient (Wildman–Crippen LogP) is 0.823. The first-order valence-electron chi connectivity index (χ1n) is 7.82. The van der Waals surface area contributed by atoms with Crippen LogP contribution < -0.4 is 15.6 Å². The highest BCUT2D eigenvalue weighted by Gasteiger charge is 2.12. The van der Waals surface area contributed by atoms with Gasteiger partial charge in [-0.2, -0.15) is 5.10 Å². The molecule has 0 radical (unpaired) electrons. The number of nitrogens with one attached hydrogen (secondary N) is 1. The quantitative estimate of drug-likeness (QED) is 0.747. The van der Waals surface area contributed by atoms with Crippen LogP contribution in [0.1, 0.15) is 23.8 Å². The van der Waals surface area contributed by atoms with Gasteiger partial charge in [-0.1, -0.05) is 25.1 Å². The number of hydrogen-bond acceptors (Lipinski definition) is 5. The summed E-state index contributed by atoms with van der Waals surface area (Å²) in [5, 5.41) is 16.5. The normalized spacial score (nSPS) is 11.8. The fourth-order valence-electron chi connectivity index (χ4n) is 2.01. The Morgan fingerprint density at radius 1 is 1.29 bits per heavy atom. The van der Waals surface area contributed by atoms with E-state index in [1.165, 1.54) is 16.8 Å². The summed E-state index contributed by atoms with van der Waals surface area (Å²) in [7, 11) is 0. The number of benzene rings is 1. The van der Waals surface area contributed by atoms with Crippen molar-refractivity contribution in [2.75, 3.05) is 13.2 Å². The highest BCUT2D eigenvalue weighted by atomic mass is 16.5. The van der Waals surface area contributed by atoms with E-state index in [-0.39, 0.29) is 24.4 Å². The number of aromatic nitrogens is 2. The molecule has 2 N–H and O–H groups in total. The van der Waals surface area contributed by atoms with Crippen LogP contribution in [0.15, 0.2) is 47.3 Å². The van der Waals surface area contributed by atoms with E-state index in [2.05, 4.69) is 10.4 Å². The molecule has 0 bridgehead atoms. The van der Waals surface area contributed by atoms with Crippen molar-refractivity contribution in [3.05, 3.63) is 58.5 Å². The third-order valence-corrected chi connectivity index (χ3v) is 3.22. The van der Waals surface area contributed by atoms with E-state index in [9.17, 15) is 14.7 Å². The molecule has 7 heteroatoms. The Labute approximate surface area is 139 Å². The maximum atomic E-state index is 12.1. The van der Waals surface area contributed by atoms with Crippen molar-refractivity contribution in [3.63, 3.8) is 0 Å². The van der Waals surface area contributed by atoms with Gasteiger partial charge in [-0.05, 0) is 24.6 Å². The molecule has 128 valence electrons. The fraction of sp³-hybridized carbons (Fsp3) is 0.353. The Kier molecular flexibility index (Phi) is 6.51. The first-order valence-corrected chi connectivity index (χ1v) is 7.82. The van der Waals surface area contributed by atoms with Crippen molar-refractivity contribution in [2.45, 2.75) is 26.0 Å². The lowest BCUT2D eigenvalue weighted by molar-refractivity contribution is 0.0838. The van der Waals surface area contributed by atoms with E-state index < -0.39 is 12.0 Å². The summed E-state index contributed by atoms with van der Waals surface area (Å²) >= 11 is 0. The molecule has 0 aliphatic heterocycles. The number of nitrogens with zero attached hydrogens (tertiary/aromatic N) is 2. The van der Waals surface area contributed by atoms with E-state index in [0.29, 0.717) is 12.3 Å². The summed E-state index contributed by atoms with van der Waals surface area (Å²) in [5.74, 6) is 0.204. The van der Waals surface area contributed by atoms with E-state index in [0.717, 1.165) is 6.42 Å². The molecule has 2 aromatic rings. The second kappa shape index (κ2) is 8.83. The maximum absolute atomic E-state index is 12.1. The van der Waals surface area contributed by atoms with Crippen molar-refractivity contribution >= 4 is 5.91 Å². The monoisotopic (exact) mass is 331 g/mol. The van der Waals surface area contributed by atoms with Gasteiger partial charge in [0.1, 0.15) is 24.2 Å². The van der Waals surface area contributed by atoms with Crippen LogP contribution in [0.3, 0.4) is 0 Å². The molecule has 0 saturated carbocycles. The van der Waals surface area contributed by atoms with Crippen LogP contribution >= 0.6 is 0 Å². The first-order chi connectivity index (χ1) is 11.6. The number of aryl methyl sites for hydroxylation is 1. The summed E-state index contributed by atoms with van der Waals surface area (Å²) in [6.07, 6.45) is -0.108. The smallest absolute Gasteiger partial charge is 0.271 e. The minimum absolute atomic E-state index is 0.0280. The van der Waals surface area contributed by atoms with Crippen molar-refractivity contribution in [1.82, 2.24) is 15.1 Å². The molecule has 1 heterocycles. The second-order valence-corrected chi connectivity index (χ2v) is 5.27. The number of para-hydroxylation sites is 1. The number of carbonyl (C=O) groups is 1. The van der Waals surface area contributed by atoms with Crippen LogP contribution in [0.4, 0.5) is 0 Å². The summed E-state index contributed by atoms with van der Waals surface area (Å²) < 4.78 is 6.66. The number of carbonyl (C=O) groups excluding carboxylic acids is 1. The summed E-state index contributed by atoms with van der Waals surface area (Å²) in [6, 6.07) is 11.8.